The minimum Gasteiger partial charge on any atom is -0.459 e. The van der Waals surface area contributed by atoms with Gasteiger partial charge in [-0.2, -0.15) is 0 Å². The number of carbonyl (C=O) groups is 2. The molecule has 4 heterocycles. The van der Waals surface area contributed by atoms with Crippen LogP contribution in [0.15, 0.2) is 36.4 Å². The van der Waals surface area contributed by atoms with Crippen LogP contribution < -0.4 is 0 Å². The normalized spacial score (nSPS) is 46.5. The Labute approximate surface area is 300 Å². The van der Waals surface area contributed by atoms with Crippen LogP contribution in [0.25, 0.3) is 6.08 Å². The van der Waals surface area contributed by atoms with E-state index in [2.05, 4.69) is 0 Å². The van der Waals surface area contributed by atoms with Crippen LogP contribution in [-0.4, -0.2) is 146 Å². The highest BCUT2D eigenvalue weighted by Gasteiger charge is 2.69. The van der Waals surface area contributed by atoms with E-state index in [1.54, 1.807) is 6.08 Å². The molecule has 0 aromatic heterocycles. The number of aliphatic hydroxyl groups is 7. The highest BCUT2D eigenvalue weighted by molar-refractivity contribution is 5.87. The summed E-state index contributed by atoms with van der Waals surface area (Å²) in [6.07, 6.45) is -12.7. The molecule has 0 radical (unpaired) electrons. The largest absolute Gasteiger partial charge is 0.459 e. The van der Waals surface area contributed by atoms with E-state index in [0.29, 0.717) is 0 Å². The third kappa shape index (κ3) is 7.41. The summed E-state index contributed by atoms with van der Waals surface area (Å²) in [6, 6.07) is 9.23. The molecule has 17 atom stereocenters. The monoisotopic (exact) mass is 738 g/mol. The van der Waals surface area contributed by atoms with Crippen LogP contribution in [0.2, 0.25) is 0 Å². The van der Waals surface area contributed by atoms with Crippen molar-refractivity contribution in [3.8, 4) is 0 Å². The van der Waals surface area contributed by atoms with Crippen molar-refractivity contribution in [3.63, 3.8) is 0 Å². The Morgan fingerprint density at radius 3 is 2.25 bits per heavy atom. The van der Waals surface area contributed by atoms with Crippen LogP contribution in [0.4, 0.5) is 0 Å². The fraction of sp³-hybridized carbons (Fsp3) is 0.722. The second-order valence-electron chi connectivity index (χ2n) is 14.7. The molecule has 5 aliphatic rings. The van der Waals surface area contributed by atoms with Gasteiger partial charge in [-0.15, -0.1) is 0 Å². The first-order valence-corrected chi connectivity index (χ1v) is 17.8. The minimum atomic E-state index is -1.88. The molecule has 4 aliphatic heterocycles. The first-order chi connectivity index (χ1) is 24.7. The van der Waals surface area contributed by atoms with Gasteiger partial charge in [-0.05, 0) is 44.7 Å². The van der Waals surface area contributed by atoms with Gasteiger partial charge in [0.2, 0.25) is 12.1 Å². The van der Waals surface area contributed by atoms with Crippen LogP contribution in [0.1, 0.15) is 52.0 Å². The van der Waals surface area contributed by atoms with Crippen LogP contribution in [0.5, 0.6) is 0 Å². The summed E-state index contributed by atoms with van der Waals surface area (Å²) in [5.74, 6) is -4.76. The summed E-state index contributed by atoms with van der Waals surface area (Å²) >= 11 is 0. The molecular weight excluding hydrogens is 688 g/mol. The molecule has 0 amide bonds. The number of esters is 2. The van der Waals surface area contributed by atoms with Gasteiger partial charge in [0, 0.05) is 24.3 Å². The lowest BCUT2D eigenvalue weighted by Crippen LogP contribution is -2.63. The lowest BCUT2D eigenvalue weighted by atomic mass is 9.70. The summed E-state index contributed by atoms with van der Waals surface area (Å²) in [5.41, 5.74) is -1.07. The predicted octanol–water partition coefficient (Wildman–Crippen LogP) is -0.875. The number of fused-ring (bicyclic) bond motifs is 1. The van der Waals surface area contributed by atoms with Crippen molar-refractivity contribution in [1.82, 2.24) is 0 Å². The Balaban J connectivity index is 1.12. The van der Waals surface area contributed by atoms with E-state index in [1.165, 1.54) is 19.9 Å². The van der Waals surface area contributed by atoms with Crippen LogP contribution in [0, 0.1) is 17.8 Å². The quantitative estimate of drug-likeness (QED) is 0.127. The third-order valence-electron chi connectivity index (χ3n) is 11.3. The first-order valence-electron chi connectivity index (χ1n) is 17.8. The standard InChI is InChI=1S/C36H50O16/c1-17-15-46-36(14-24(17)49-25(38)12-9-20-7-5-4-6-8-20)35(45,16-37)22-11-10-21(13-23(22)52-36)32(44)51-34-31(29(42)27(40)19(3)48-34)50-33-30(43)28(41)26(39)18(2)47-33/h4-9,12,17-19,21-24,26-31,33-34,37,39-43,45H,10-11,13-16H2,1-3H3. The van der Waals surface area contributed by atoms with Gasteiger partial charge >= 0.3 is 11.9 Å². The molecule has 6 rings (SSSR count). The van der Waals surface area contributed by atoms with E-state index >= 15 is 0 Å². The molecular formula is C36H50O16. The molecule has 7 N–H and O–H groups in total. The molecule has 290 valence electrons. The number of benzene rings is 1. The van der Waals surface area contributed by atoms with Crippen molar-refractivity contribution in [1.29, 1.82) is 0 Å². The zero-order valence-corrected chi connectivity index (χ0v) is 29.2. The second kappa shape index (κ2) is 15.6. The Morgan fingerprint density at radius 1 is 0.885 bits per heavy atom. The fourth-order valence-corrected chi connectivity index (χ4v) is 7.98. The topological polar surface area (TPSA) is 240 Å². The Hall–Kier alpha value is -2.58. The lowest BCUT2D eigenvalue weighted by Gasteiger charge is -2.47. The maximum Gasteiger partial charge on any atom is 0.331 e. The van der Waals surface area contributed by atoms with Gasteiger partial charge < -0.3 is 68.9 Å². The van der Waals surface area contributed by atoms with Gasteiger partial charge in [0.25, 0.3) is 0 Å². The zero-order valence-electron chi connectivity index (χ0n) is 29.2. The van der Waals surface area contributed by atoms with E-state index in [1.807, 2.05) is 37.3 Å². The van der Waals surface area contributed by atoms with Gasteiger partial charge in [0.05, 0.1) is 37.4 Å². The zero-order chi connectivity index (χ0) is 37.5. The van der Waals surface area contributed by atoms with Crippen molar-refractivity contribution in [2.45, 2.75) is 131 Å². The molecule has 1 spiro atoms. The molecule has 5 fully saturated rings. The molecule has 1 aliphatic carbocycles. The van der Waals surface area contributed by atoms with Crippen LogP contribution in [0.3, 0.4) is 0 Å². The number of carbonyl (C=O) groups excluding carboxylic acids is 2. The van der Waals surface area contributed by atoms with Gasteiger partial charge in [0.15, 0.2) is 12.4 Å². The molecule has 17 unspecified atom stereocenters. The smallest absolute Gasteiger partial charge is 0.331 e. The molecule has 0 bridgehead atoms. The van der Waals surface area contributed by atoms with Gasteiger partial charge in [0.1, 0.15) is 42.2 Å². The van der Waals surface area contributed by atoms with Gasteiger partial charge in [-0.25, -0.2) is 4.79 Å². The maximum absolute atomic E-state index is 13.7. The molecule has 16 heteroatoms. The Morgan fingerprint density at radius 2 is 1.56 bits per heavy atom. The Bertz CT molecular complexity index is 1430. The number of hydrogen-bond donors (Lipinski definition) is 7. The van der Waals surface area contributed by atoms with E-state index in [9.17, 15) is 45.3 Å². The van der Waals surface area contributed by atoms with Gasteiger partial charge in [-0.1, -0.05) is 37.3 Å². The average Bonchev–Trinajstić information content (AvgIpc) is 3.37. The second-order valence-corrected chi connectivity index (χ2v) is 14.7. The maximum atomic E-state index is 13.7. The van der Waals surface area contributed by atoms with Crippen molar-refractivity contribution < 1.29 is 78.5 Å². The highest BCUT2D eigenvalue weighted by atomic mass is 16.8. The van der Waals surface area contributed by atoms with Crippen molar-refractivity contribution in [2.24, 2.45) is 17.8 Å². The molecule has 1 aromatic rings. The Kier molecular flexibility index (Phi) is 11.8. The van der Waals surface area contributed by atoms with E-state index in [-0.39, 0.29) is 38.2 Å². The molecule has 52 heavy (non-hydrogen) atoms. The molecule has 1 aromatic carbocycles. The average molecular weight is 739 g/mol. The lowest BCUT2D eigenvalue weighted by molar-refractivity contribution is -0.357. The molecule has 16 nitrogen and oxygen atoms in total. The molecule has 1 saturated carbocycles. The number of rotatable bonds is 8. The van der Waals surface area contributed by atoms with E-state index in [4.69, 9.17) is 33.2 Å². The van der Waals surface area contributed by atoms with E-state index in [0.717, 1.165) is 5.56 Å². The number of hydrogen-bond acceptors (Lipinski definition) is 16. The van der Waals surface area contributed by atoms with Gasteiger partial charge in [-0.3, -0.25) is 4.79 Å². The number of aliphatic hydroxyl groups excluding tert-OH is 6. The van der Waals surface area contributed by atoms with Crippen molar-refractivity contribution >= 4 is 18.0 Å². The molecule has 4 saturated heterocycles. The summed E-state index contributed by atoms with van der Waals surface area (Å²) in [6.45, 7) is 4.10. The number of ether oxygens (including phenoxy) is 7. The van der Waals surface area contributed by atoms with Crippen LogP contribution >= 0.6 is 0 Å². The van der Waals surface area contributed by atoms with Crippen LogP contribution in [-0.2, 0) is 42.7 Å². The van der Waals surface area contributed by atoms with E-state index < -0.39 is 115 Å². The fourth-order valence-electron chi connectivity index (χ4n) is 7.98. The summed E-state index contributed by atoms with van der Waals surface area (Å²) in [7, 11) is 0. The first kappa shape index (κ1) is 39.1. The predicted molar refractivity (Wildman–Crippen MR) is 175 cm³/mol. The van der Waals surface area contributed by atoms with Crippen molar-refractivity contribution in [2.75, 3.05) is 13.2 Å². The highest BCUT2D eigenvalue weighted by Crippen LogP contribution is 2.55. The summed E-state index contributed by atoms with van der Waals surface area (Å²) in [5, 5.41) is 74.7. The SMILES string of the molecule is CC1COC2(CC1OC(=O)C=Cc1ccccc1)OC1CC(C(=O)OC3OC(C)C(O)C(O)C3OC3OC(C)C(O)C(O)C3O)CCC1C2(O)CO. The summed E-state index contributed by atoms with van der Waals surface area (Å²) in [4.78, 5) is 26.5. The minimum absolute atomic E-state index is 0.0573. The van der Waals surface area contributed by atoms with Crippen molar-refractivity contribution in [3.05, 3.63) is 42.0 Å². The summed E-state index contributed by atoms with van der Waals surface area (Å²) < 4.78 is 41.0. The third-order valence-corrected chi connectivity index (χ3v) is 11.3.